The maximum absolute atomic E-state index is 15.1. The summed E-state index contributed by atoms with van der Waals surface area (Å²) in [6.07, 6.45) is 2.37. The van der Waals surface area contributed by atoms with E-state index < -0.39 is 66.0 Å². The minimum absolute atomic E-state index is 0.0460. The molecule has 238 valence electrons. The molecule has 14 nitrogen and oxygen atoms in total. The average Bonchev–Trinajstić information content (AvgIpc) is 2.94. The fourth-order valence-electron chi connectivity index (χ4n) is 3.87. The largest absolute Gasteiger partial charge is 0.493 e. The van der Waals surface area contributed by atoms with Gasteiger partial charge in [-0.1, -0.05) is 11.6 Å². The Morgan fingerprint density at radius 1 is 1.00 bits per heavy atom. The molecule has 0 aliphatic heterocycles. The number of carbonyl (C=O) groups excluding carboxylic acids is 1. The molecule has 0 aliphatic rings. The number of ether oxygens (including phenoxy) is 2. The van der Waals surface area contributed by atoms with Crippen molar-refractivity contribution >= 4 is 44.2 Å². The lowest BCUT2D eigenvalue weighted by atomic mass is 10.2. The maximum atomic E-state index is 15.1. The Bertz CT molecular complexity index is 1880. The van der Waals surface area contributed by atoms with E-state index in [1.54, 1.807) is 6.92 Å². The van der Waals surface area contributed by atoms with Crippen molar-refractivity contribution in [3.05, 3.63) is 99.6 Å². The zero-order valence-electron chi connectivity index (χ0n) is 22.8. The lowest BCUT2D eigenvalue weighted by molar-refractivity contribution is 0.102. The lowest BCUT2D eigenvalue weighted by Gasteiger charge is -2.22. The van der Waals surface area contributed by atoms with E-state index in [2.05, 4.69) is 10.3 Å². The van der Waals surface area contributed by atoms with Crippen LogP contribution in [0, 0.1) is 11.6 Å². The summed E-state index contributed by atoms with van der Waals surface area (Å²) in [5.41, 5.74) is -3.69. The minimum Gasteiger partial charge on any atom is -0.493 e. The van der Waals surface area contributed by atoms with Gasteiger partial charge in [-0.3, -0.25) is 23.3 Å². The minimum atomic E-state index is -5.39. The number of aromatic nitrogens is 2. The fourth-order valence-corrected chi connectivity index (χ4v) is 6.23. The molecule has 19 heteroatoms. The zero-order valence-corrected chi connectivity index (χ0v) is 25.3. The molecule has 0 radical (unpaired) electrons. The van der Waals surface area contributed by atoms with Gasteiger partial charge < -0.3 is 39.7 Å². The second kappa shape index (κ2) is 13.5. The van der Waals surface area contributed by atoms with Crippen molar-refractivity contribution in [1.29, 1.82) is 0 Å². The SMILES string of the molecule is CCOc1ccn(-c2ccc(F)cc2)c(=O)c1C(=O)Nc1ccc(Oc2ccnc(NC(P(=O)(O)O)P(=O)(O)O)c2Cl)c(F)c1. The highest BCUT2D eigenvalue weighted by Gasteiger charge is 2.44. The Morgan fingerprint density at radius 3 is 2.27 bits per heavy atom. The Morgan fingerprint density at radius 2 is 1.67 bits per heavy atom. The quantitative estimate of drug-likeness (QED) is 0.119. The summed E-state index contributed by atoms with van der Waals surface area (Å²) >= 11 is 6.15. The molecule has 2 aromatic carbocycles. The smallest absolute Gasteiger partial charge is 0.360 e. The highest BCUT2D eigenvalue weighted by molar-refractivity contribution is 7.71. The van der Waals surface area contributed by atoms with Crippen LogP contribution < -0.4 is 25.7 Å². The van der Waals surface area contributed by atoms with Crippen LogP contribution in [0.4, 0.5) is 20.3 Å². The molecule has 0 bridgehead atoms. The van der Waals surface area contributed by atoms with Gasteiger partial charge >= 0.3 is 15.2 Å². The molecule has 2 aromatic heterocycles. The molecule has 6 N–H and O–H groups in total. The van der Waals surface area contributed by atoms with Crippen LogP contribution in [0.3, 0.4) is 0 Å². The predicted molar refractivity (Wildman–Crippen MR) is 158 cm³/mol. The van der Waals surface area contributed by atoms with Gasteiger partial charge in [0.2, 0.25) is 5.52 Å². The molecular formula is C26H23ClF2N4O10P2. The van der Waals surface area contributed by atoms with E-state index in [4.69, 9.17) is 21.1 Å². The number of carbonyl (C=O) groups is 1. The molecule has 4 aromatic rings. The summed E-state index contributed by atoms with van der Waals surface area (Å²) in [6, 6.07) is 10.7. The fraction of sp³-hybridized carbons (Fsp3) is 0.115. The van der Waals surface area contributed by atoms with E-state index in [1.165, 1.54) is 30.5 Å². The van der Waals surface area contributed by atoms with Crippen LogP contribution in [0.25, 0.3) is 5.69 Å². The van der Waals surface area contributed by atoms with Gasteiger partial charge in [-0.2, -0.15) is 0 Å². The van der Waals surface area contributed by atoms with Crippen molar-refractivity contribution in [3.63, 3.8) is 0 Å². The van der Waals surface area contributed by atoms with Gasteiger partial charge in [-0.15, -0.1) is 0 Å². The number of hydrogen-bond acceptors (Lipinski definition) is 8. The van der Waals surface area contributed by atoms with Crippen LogP contribution in [0.1, 0.15) is 17.3 Å². The summed E-state index contributed by atoms with van der Waals surface area (Å²) in [7, 11) is -10.8. The standard InChI is InChI=1S/C26H23ClF2N4O10P2/c1-2-42-19-10-12-33(16-6-3-14(28)4-7-16)25(35)21(19)24(34)31-15-5-8-18(17(29)13-15)43-20-9-11-30-23(22(20)27)32-26(44(36,37)38)45(39,40)41/h3-13,26H,2H2,1H3,(H,30,32)(H,31,34)(H2,36,37,38)(H2,39,40,41). The maximum Gasteiger partial charge on any atom is 0.360 e. The first-order valence-electron chi connectivity index (χ1n) is 12.5. The number of anilines is 2. The van der Waals surface area contributed by atoms with Gasteiger partial charge in [0.1, 0.15) is 28.0 Å². The van der Waals surface area contributed by atoms with Crippen LogP contribution in [0.15, 0.2) is 71.8 Å². The monoisotopic (exact) mass is 686 g/mol. The molecule has 0 aliphatic carbocycles. The van der Waals surface area contributed by atoms with Crippen LogP contribution in [0.2, 0.25) is 5.02 Å². The number of pyridine rings is 2. The highest BCUT2D eigenvalue weighted by atomic mass is 35.5. The van der Waals surface area contributed by atoms with Crippen molar-refractivity contribution in [2.75, 3.05) is 17.2 Å². The normalized spacial score (nSPS) is 11.8. The number of rotatable bonds is 11. The average molecular weight is 687 g/mol. The van der Waals surface area contributed by atoms with Gasteiger partial charge in [-0.25, -0.2) is 13.8 Å². The molecule has 0 fully saturated rings. The van der Waals surface area contributed by atoms with Crippen molar-refractivity contribution in [3.8, 4) is 22.9 Å². The number of hydrogen-bond donors (Lipinski definition) is 6. The Labute approximate surface area is 257 Å². The Balaban J connectivity index is 1.59. The van der Waals surface area contributed by atoms with Crippen LogP contribution in [-0.4, -0.2) is 47.2 Å². The number of nitrogens with zero attached hydrogens (tertiary/aromatic N) is 2. The predicted octanol–water partition coefficient (Wildman–Crippen LogP) is 4.66. The first-order valence-corrected chi connectivity index (χ1v) is 16.3. The molecule has 4 rings (SSSR count). The van der Waals surface area contributed by atoms with Crippen molar-refractivity contribution in [2.24, 2.45) is 0 Å². The third kappa shape index (κ3) is 7.93. The number of nitrogens with one attached hydrogen (secondary N) is 2. The number of amides is 1. The molecule has 0 saturated carbocycles. The van der Waals surface area contributed by atoms with E-state index in [1.807, 2.05) is 5.32 Å². The number of halogens is 3. The summed E-state index contributed by atoms with van der Waals surface area (Å²) < 4.78 is 63.6. The number of benzene rings is 2. The Hall–Kier alpha value is -4.14. The van der Waals surface area contributed by atoms with Crippen molar-refractivity contribution in [1.82, 2.24) is 9.55 Å². The second-order valence-electron chi connectivity index (χ2n) is 9.01. The van der Waals surface area contributed by atoms with Crippen LogP contribution in [-0.2, 0) is 9.13 Å². The van der Waals surface area contributed by atoms with Gasteiger partial charge in [0.15, 0.2) is 17.3 Å². The summed E-state index contributed by atoms with van der Waals surface area (Å²) in [6.45, 7) is 1.76. The molecule has 0 unspecified atom stereocenters. The van der Waals surface area contributed by atoms with Gasteiger partial charge in [-0.05, 0) is 49.4 Å². The molecule has 2 heterocycles. The molecule has 45 heavy (non-hydrogen) atoms. The van der Waals surface area contributed by atoms with E-state index in [0.29, 0.717) is 0 Å². The van der Waals surface area contributed by atoms with Gasteiger partial charge in [0, 0.05) is 35.9 Å². The van der Waals surface area contributed by atoms with E-state index >= 15 is 4.39 Å². The van der Waals surface area contributed by atoms with Crippen LogP contribution >= 0.6 is 26.8 Å². The first-order chi connectivity index (χ1) is 21.1. The third-order valence-corrected chi connectivity index (χ3v) is 9.56. The molecule has 0 saturated heterocycles. The van der Waals surface area contributed by atoms with Gasteiger partial charge in [0.05, 0.1) is 6.61 Å². The van der Waals surface area contributed by atoms with E-state index in [9.17, 15) is 42.7 Å². The lowest BCUT2D eigenvalue weighted by Crippen LogP contribution is -2.29. The molecule has 1 amide bonds. The molecular weight excluding hydrogens is 664 g/mol. The molecule has 0 spiro atoms. The van der Waals surface area contributed by atoms with Crippen molar-refractivity contribution in [2.45, 2.75) is 12.4 Å². The molecule has 0 atom stereocenters. The van der Waals surface area contributed by atoms with Crippen LogP contribution in [0.5, 0.6) is 17.2 Å². The zero-order chi connectivity index (χ0) is 33.1. The van der Waals surface area contributed by atoms with E-state index in [0.717, 1.165) is 41.1 Å². The second-order valence-corrected chi connectivity index (χ2v) is 13.2. The third-order valence-electron chi connectivity index (χ3n) is 5.85. The summed E-state index contributed by atoms with van der Waals surface area (Å²) in [5, 5.41) is 3.82. The summed E-state index contributed by atoms with van der Waals surface area (Å²) in [5.74, 6) is -3.87. The van der Waals surface area contributed by atoms with Crippen molar-refractivity contribution < 1.29 is 51.8 Å². The topological polar surface area (TPSA) is 210 Å². The summed E-state index contributed by atoms with van der Waals surface area (Å²) in [4.78, 5) is 67.5. The Kier molecular flexibility index (Phi) is 10.1. The first kappa shape index (κ1) is 33.7. The van der Waals surface area contributed by atoms with E-state index in [-0.39, 0.29) is 29.5 Å². The highest BCUT2D eigenvalue weighted by Crippen LogP contribution is 2.59. The van der Waals surface area contributed by atoms with Gasteiger partial charge in [0.25, 0.3) is 11.5 Å².